The van der Waals surface area contributed by atoms with Crippen molar-refractivity contribution in [2.24, 2.45) is 0 Å². The lowest BCUT2D eigenvalue weighted by molar-refractivity contribution is 0.116. The number of nitriles is 1. The summed E-state index contributed by atoms with van der Waals surface area (Å²) >= 11 is 0. The first-order valence-corrected chi connectivity index (χ1v) is 11.4. The second-order valence-electron chi connectivity index (χ2n) is 7.73. The van der Waals surface area contributed by atoms with E-state index >= 15 is 0 Å². The maximum atomic E-state index is 13.4. The van der Waals surface area contributed by atoms with Crippen LogP contribution in [0.3, 0.4) is 0 Å². The maximum Gasteiger partial charge on any atom is 0.243 e. The van der Waals surface area contributed by atoms with Crippen molar-refractivity contribution < 1.29 is 12.8 Å². The Labute approximate surface area is 171 Å². The number of benzene rings is 2. The molecule has 0 unspecified atom stereocenters. The lowest BCUT2D eigenvalue weighted by atomic mass is 10.0. The van der Waals surface area contributed by atoms with Crippen molar-refractivity contribution in [1.29, 1.82) is 5.26 Å². The third-order valence-electron chi connectivity index (χ3n) is 5.94. The van der Waals surface area contributed by atoms with Crippen LogP contribution >= 0.6 is 0 Å². The van der Waals surface area contributed by atoms with Crippen LogP contribution in [0.4, 0.5) is 4.39 Å². The molecule has 1 atom stereocenters. The number of likely N-dealkylation sites (tertiary alicyclic amines) is 1. The number of halogens is 1. The molecule has 0 saturated carbocycles. The highest BCUT2D eigenvalue weighted by Gasteiger charge is 2.36. The van der Waals surface area contributed by atoms with Crippen molar-refractivity contribution >= 4 is 10.0 Å². The van der Waals surface area contributed by atoms with E-state index in [-0.39, 0.29) is 10.9 Å². The predicted octanol–water partition coefficient (Wildman–Crippen LogP) is 3.42. The van der Waals surface area contributed by atoms with Crippen LogP contribution < -0.4 is 0 Å². The summed E-state index contributed by atoms with van der Waals surface area (Å²) < 4.78 is 41.0. The first kappa shape index (κ1) is 20.0. The molecule has 152 valence electrons. The van der Waals surface area contributed by atoms with Gasteiger partial charge in [-0.25, -0.2) is 12.8 Å². The molecule has 0 aliphatic carbocycles. The minimum atomic E-state index is -3.54. The van der Waals surface area contributed by atoms with Crippen molar-refractivity contribution in [3.8, 4) is 17.2 Å². The highest BCUT2D eigenvalue weighted by atomic mass is 32.2. The molecule has 2 fully saturated rings. The zero-order chi connectivity index (χ0) is 20.4. The van der Waals surface area contributed by atoms with Crippen molar-refractivity contribution in [2.45, 2.75) is 36.4 Å². The number of piperidine rings is 1. The van der Waals surface area contributed by atoms with E-state index < -0.39 is 16.2 Å². The standard InChI is InChI=1S/C22H24FN3O2S/c23-20-9-12-25(13-10-20)21-11-14-26(16-21)29(27,28)22-7-5-19(6-8-22)18-3-1-17(15-24)2-4-18/h1-8,20-21H,9-14,16H2/t21-/m1/s1. The molecule has 0 N–H and O–H groups in total. The van der Waals surface area contributed by atoms with E-state index in [1.54, 1.807) is 40.7 Å². The highest BCUT2D eigenvalue weighted by Crippen LogP contribution is 2.28. The van der Waals surface area contributed by atoms with Crippen LogP contribution in [0.2, 0.25) is 0 Å². The molecule has 2 aliphatic rings. The van der Waals surface area contributed by atoms with Crippen molar-refractivity contribution in [1.82, 2.24) is 9.21 Å². The lowest BCUT2D eigenvalue weighted by Gasteiger charge is -2.33. The quantitative estimate of drug-likeness (QED) is 0.770. The Morgan fingerprint density at radius 1 is 0.897 bits per heavy atom. The van der Waals surface area contributed by atoms with Gasteiger partial charge in [-0.1, -0.05) is 24.3 Å². The van der Waals surface area contributed by atoms with E-state index in [4.69, 9.17) is 5.26 Å². The summed E-state index contributed by atoms with van der Waals surface area (Å²) in [5, 5.41) is 8.90. The Morgan fingerprint density at radius 3 is 2.07 bits per heavy atom. The Kier molecular flexibility index (Phi) is 5.68. The largest absolute Gasteiger partial charge is 0.299 e. The molecule has 2 heterocycles. The normalized spacial score (nSPS) is 21.9. The van der Waals surface area contributed by atoms with Gasteiger partial charge >= 0.3 is 0 Å². The molecular formula is C22H24FN3O2S. The van der Waals surface area contributed by atoms with Crippen LogP contribution in [-0.2, 0) is 10.0 Å². The Bertz CT molecular complexity index is 992. The molecule has 0 spiro atoms. The van der Waals surface area contributed by atoms with Gasteiger partial charge in [0.1, 0.15) is 6.17 Å². The molecule has 2 aliphatic heterocycles. The molecule has 0 amide bonds. The van der Waals surface area contributed by atoms with Crippen LogP contribution in [0.15, 0.2) is 53.4 Å². The van der Waals surface area contributed by atoms with Crippen molar-refractivity contribution in [3.05, 3.63) is 54.1 Å². The summed E-state index contributed by atoms with van der Waals surface area (Å²) in [6, 6.07) is 16.4. The fourth-order valence-electron chi connectivity index (χ4n) is 4.17. The van der Waals surface area contributed by atoms with Gasteiger partial charge in [-0.3, -0.25) is 4.90 Å². The number of nitrogens with zero attached hydrogens (tertiary/aromatic N) is 3. The van der Waals surface area contributed by atoms with E-state index in [1.807, 2.05) is 12.1 Å². The van der Waals surface area contributed by atoms with Crippen LogP contribution in [-0.4, -0.2) is 56.0 Å². The first-order chi connectivity index (χ1) is 14.0. The Hall–Kier alpha value is -2.27. The molecule has 5 nitrogen and oxygen atoms in total. The topological polar surface area (TPSA) is 64.4 Å². The summed E-state index contributed by atoms with van der Waals surface area (Å²) in [4.78, 5) is 2.53. The van der Waals surface area contributed by atoms with Gasteiger partial charge in [0.15, 0.2) is 0 Å². The van der Waals surface area contributed by atoms with E-state index in [1.165, 1.54) is 0 Å². The molecular weight excluding hydrogens is 389 g/mol. The van der Waals surface area contributed by atoms with E-state index in [0.717, 1.165) is 17.5 Å². The molecule has 0 aromatic heterocycles. The number of hydrogen-bond acceptors (Lipinski definition) is 4. The molecule has 7 heteroatoms. The molecule has 2 saturated heterocycles. The molecule has 0 bridgehead atoms. The highest BCUT2D eigenvalue weighted by molar-refractivity contribution is 7.89. The number of alkyl halides is 1. The monoisotopic (exact) mass is 413 g/mol. The van der Waals surface area contributed by atoms with E-state index in [2.05, 4.69) is 11.0 Å². The number of sulfonamides is 1. The minimum Gasteiger partial charge on any atom is -0.299 e. The van der Waals surface area contributed by atoms with Gasteiger partial charge in [-0.2, -0.15) is 9.57 Å². The zero-order valence-corrected chi connectivity index (χ0v) is 17.0. The van der Waals surface area contributed by atoms with Crippen molar-refractivity contribution in [3.63, 3.8) is 0 Å². The first-order valence-electron chi connectivity index (χ1n) is 9.96. The van der Waals surface area contributed by atoms with Gasteiger partial charge in [0.25, 0.3) is 0 Å². The van der Waals surface area contributed by atoms with Gasteiger partial charge in [0.2, 0.25) is 10.0 Å². The summed E-state index contributed by atoms with van der Waals surface area (Å²) in [6.07, 6.45) is 1.15. The summed E-state index contributed by atoms with van der Waals surface area (Å²) in [7, 11) is -3.54. The molecule has 29 heavy (non-hydrogen) atoms. The van der Waals surface area contributed by atoms with Gasteiger partial charge in [0, 0.05) is 32.2 Å². The maximum absolute atomic E-state index is 13.4. The second-order valence-corrected chi connectivity index (χ2v) is 9.67. The van der Waals surface area contributed by atoms with Crippen LogP contribution in [0, 0.1) is 11.3 Å². The molecule has 2 aromatic carbocycles. The number of hydrogen-bond donors (Lipinski definition) is 0. The number of rotatable bonds is 4. The van der Waals surface area contributed by atoms with Crippen LogP contribution in [0.1, 0.15) is 24.8 Å². The smallest absolute Gasteiger partial charge is 0.243 e. The van der Waals surface area contributed by atoms with E-state index in [9.17, 15) is 12.8 Å². The zero-order valence-electron chi connectivity index (χ0n) is 16.2. The molecule has 2 aromatic rings. The Morgan fingerprint density at radius 2 is 1.48 bits per heavy atom. The van der Waals surface area contributed by atoms with Crippen LogP contribution in [0.5, 0.6) is 0 Å². The van der Waals surface area contributed by atoms with Gasteiger partial charge in [-0.15, -0.1) is 0 Å². The van der Waals surface area contributed by atoms with Gasteiger partial charge in [0.05, 0.1) is 16.5 Å². The SMILES string of the molecule is N#Cc1ccc(-c2ccc(S(=O)(=O)N3CC[C@@H](N4CCC(F)CC4)C3)cc2)cc1. The lowest BCUT2D eigenvalue weighted by Crippen LogP contribution is -2.43. The second kappa shape index (κ2) is 8.23. The fraction of sp³-hybridized carbons (Fsp3) is 0.409. The molecule has 4 rings (SSSR count). The third-order valence-corrected chi connectivity index (χ3v) is 7.82. The minimum absolute atomic E-state index is 0.176. The third kappa shape index (κ3) is 4.20. The fourth-order valence-corrected chi connectivity index (χ4v) is 5.66. The average molecular weight is 414 g/mol. The van der Waals surface area contributed by atoms with Gasteiger partial charge in [-0.05, 0) is 54.7 Å². The Balaban J connectivity index is 1.45. The summed E-state index contributed by atoms with van der Waals surface area (Å²) in [6.45, 7) is 2.38. The predicted molar refractivity (Wildman–Crippen MR) is 109 cm³/mol. The average Bonchev–Trinajstić information content (AvgIpc) is 3.26. The molecule has 0 radical (unpaired) electrons. The van der Waals surface area contributed by atoms with E-state index in [0.29, 0.717) is 44.6 Å². The van der Waals surface area contributed by atoms with Crippen molar-refractivity contribution in [2.75, 3.05) is 26.2 Å². The summed E-state index contributed by atoms with van der Waals surface area (Å²) in [5.41, 5.74) is 2.43. The van der Waals surface area contributed by atoms with Gasteiger partial charge < -0.3 is 0 Å². The van der Waals surface area contributed by atoms with Crippen LogP contribution in [0.25, 0.3) is 11.1 Å². The summed E-state index contributed by atoms with van der Waals surface area (Å²) in [5.74, 6) is 0.